The van der Waals surface area contributed by atoms with Gasteiger partial charge in [-0.3, -0.25) is 9.78 Å². The van der Waals surface area contributed by atoms with Gasteiger partial charge in [-0.05, 0) is 36.8 Å². The van der Waals surface area contributed by atoms with Crippen molar-refractivity contribution in [3.63, 3.8) is 0 Å². The molecular weight excluding hydrogens is 254 g/mol. The van der Waals surface area contributed by atoms with Crippen LogP contribution in [0.1, 0.15) is 22.8 Å². The van der Waals surface area contributed by atoms with Crippen LogP contribution in [0, 0.1) is 0 Å². The van der Waals surface area contributed by atoms with Gasteiger partial charge in [0.05, 0.1) is 12.3 Å². The molecule has 0 radical (unpaired) electrons. The highest BCUT2D eigenvalue weighted by molar-refractivity contribution is 5.95. The van der Waals surface area contributed by atoms with Crippen LogP contribution in [0.3, 0.4) is 0 Å². The Balaban J connectivity index is 2.04. The number of carbonyl (C=O) groups is 1. The van der Waals surface area contributed by atoms with E-state index in [0.29, 0.717) is 30.2 Å². The minimum atomic E-state index is -0.171. The summed E-state index contributed by atoms with van der Waals surface area (Å²) >= 11 is 0. The lowest BCUT2D eigenvalue weighted by Gasteiger charge is -2.09. The van der Waals surface area contributed by atoms with E-state index in [9.17, 15) is 4.79 Å². The van der Waals surface area contributed by atoms with Crippen LogP contribution in [0.4, 0.5) is 5.69 Å². The Morgan fingerprint density at radius 3 is 2.95 bits per heavy atom. The summed E-state index contributed by atoms with van der Waals surface area (Å²) < 4.78 is 5.38. The molecule has 1 heterocycles. The fourth-order valence-corrected chi connectivity index (χ4v) is 1.74. The molecule has 0 fully saturated rings. The van der Waals surface area contributed by atoms with Gasteiger partial charge in [0.2, 0.25) is 0 Å². The molecular formula is C15H17N3O2. The first-order valence-corrected chi connectivity index (χ1v) is 6.40. The third kappa shape index (κ3) is 3.47. The summed E-state index contributed by atoms with van der Waals surface area (Å²) in [4.78, 5) is 16.1. The highest BCUT2D eigenvalue weighted by Crippen LogP contribution is 2.22. The van der Waals surface area contributed by atoms with Crippen molar-refractivity contribution in [2.45, 2.75) is 13.5 Å². The lowest BCUT2D eigenvalue weighted by atomic mass is 10.1. The first-order chi connectivity index (χ1) is 9.70. The maximum absolute atomic E-state index is 12.1. The number of pyridine rings is 1. The molecule has 5 heteroatoms. The van der Waals surface area contributed by atoms with E-state index >= 15 is 0 Å². The van der Waals surface area contributed by atoms with Gasteiger partial charge in [-0.2, -0.15) is 0 Å². The van der Waals surface area contributed by atoms with Gasteiger partial charge >= 0.3 is 0 Å². The number of nitrogens with two attached hydrogens (primary N) is 1. The molecule has 0 aliphatic carbocycles. The van der Waals surface area contributed by atoms with Crippen molar-refractivity contribution in [3.05, 3.63) is 53.9 Å². The number of nitrogen functional groups attached to an aromatic ring is 1. The highest BCUT2D eigenvalue weighted by Gasteiger charge is 2.09. The van der Waals surface area contributed by atoms with Crippen LogP contribution in [0.5, 0.6) is 5.75 Å². The average Bonchev–Trinajstić information content (AvgIpc) is 2.48. The molecule has 104 valence electrons. The van der Waals surface area contributed by atoms with Crippen LogP contribution in [-0.4, -0.2) is 17.5 Å². The van der Waals surface area contributed by atoms with Gasteiger partial charge in [0.25, 0.3) is 5.91 Å². The summed E-state index contributed by atoms with van der Waals surface area (Å²) in [5.74, 6) is 0.358. The first-order valence-electron chi connectivity index (χ1n) is 6.40. The zero-order chi connectivity index (χ0) is 14.4. The predicted octanol–water partition coefficient (Wildman–Crippen LogP) is 1.99. The standard InChI is InChI=1S/C15H17N3O2/c1-2-20-14-8-12(5-6-13(14)16)15(19)18-10-11-4-3-7-17-9-11/h3-9H,2,10,16H2,1H3,(H,18,19). The normalized spacial score (nSPS) is 10.1. The van der Waals surface area contributed by atoms with E-state index in [2.05, 4.69) is 10.3 Å². The molecule has 3 N–H and O–H groups in total. The van der Waals surface area contributed by atoms with E-state index in [1.807, 2.05) is 19.1 Å². The second kappa shape index (κ2) is 6.56. The summed E-state index contributed by atoms with van der Waals surface area (Å²) in [6, 6.07) is 8.73. The maximum Gasteiger partial charge on any atom is 0.251 e. The second-order valence-electron chi connectivity index (χ2n) is 4.23. The number of benzene rings is 1. The van der Waals surface area contributed by atoms with Gasteiger partial charge in [0.1, 0.15) is 5.75 Å². The van der Waals surface area contributed by atoms with Crippen LogP contribution in [0.25, 0.3) is 0 Å². The summed E-state index contributed by atoms with van der Waals surface area (Å²) in [6.45, 7) is 2.81. The number of nitrogens with zero attached hydrogens (tertiary/aromatic N) is 1. The maximum atomic E-state index is 12.1. The smallest absolute Gasteiger partial charge is 0.251 e. The molecule has 1 amide bonds. The van der Waals surface area contributed by atoms with E-state index < -0.39 is 0 Å². The van der Waals surface area contributed by atoms with E-state index in [-0.39, 0.29) is 5.91 Å². The van der Waals surface area contributed by atoms with Gasteiger partial charge in [0, 0.05) is 24.5 Å². The Labute approximate surface area is 117 Å². The summed E-state index contributed by atoms with van der Waals surface area (Å²) in [7, 11) is 0. The van der Waals surface area contributed by atoms with Crippen molar-refractivity contribution in [2.24, 2.45) is 0 Å². The molecule has 0 aliphatic rings. The van der Waals surface area contributed by atoms with E-state index in [1.165, 1.54) is 0 Å². The molecule has 0 aliphatic heterocycles. The molecule has 0 saturated carbocycles. The van der Waals surface area contributed by atoms with Gasteiger partial charge < -0.3 is 15.8 Å². The zero-order valence-electron chi connectivity index (χ0n) is 11.3. The lowest BCUT2D eigenvalue weighted by Crippen LogP contribution is -2.22. The molecule has 2 aromatic rings. The highest BCUT2D eigenvalue weighted by atomic mass is 16.5. The monoisotopic (exact) mass is 271 g/mol. The molecule has 0 bridgehead atoms. The van der Waals surface area contributed by atoms with Crippen molar-refractivity contribution in [2.75, 3.05) is 12.3 Å². The molecule has 20 heavy (non-hydrogen) atoms. The molecule has 0 unspecified atom stereocenters. The van der Waals surface area contributed by atoms with Crippen LogP contribution in [0.15, 0.2) is 42.7 Å². The summed E-state index contributed by atoms with van der Waals surface area (Å²) in [5.41, 5.74) is 7.77. The van der Waals surface area contributed by atoms with Crippen molar-refractivity contribution < 1.29 is 9.53 Å². The van der Waals surface area contributed by atoms with Gasteiger partial charge in [-0.1, -0.05) is 6.07 Å². The Bertz CT molecular complexity index is 585. The van der Waals surface area contributed by atoms with Gasteiger partial charge in [-0.25, -0.2) is 0 Å². The van der Waals surface area contributed by atoms with Gasteiger partial charge in [-0.15, -0.1) is 0 Å². The SMILES string of the molecule is CCOc1cc(C(=O)NCc2cccnc2)ccc1N. The third-order valence-electron chi connectivity index (χ3n) is 2.75. The molecule has 1 aromatic heterocycles. The Morgan fingerprint density at radius 1 is 1.40 bits per heavy atom. The zero-order valence-corrected chi connectivity index (χ0v) is 11.3. The molecule has 0 spiro atoms. The average molecular weight is 271 g/mol. The molecule has 2 rings (SSSR count). The van der Waals surface area contributed by atoms with Crippen LogP contribution < -0.4 is 15.8 Å². The predicted molar refractivity (Wildman–Crippen MR) is 77.4 cm³/mol. The number of rotatable bonds is 5. The van der Waals surface area contributed by atoms with Crippen molar-refractivity contribution in [3.8, 4) is 5.75 Å². The number of anilines is 1. The summed E-state index contributed by atoms with van der Waals surface area (Å²) in [6.07, 6.45) is 3.41. The quantitative estimate of drug-likeness (QED) is 0.815. The lowest BCUT2D eigenvalue weighted by molar-refractivity contribution is 0.0950. The van der Waals surface area contributed by atoms with Crippen molar-refractivity contribution in [1.82, 2.24) is 10.3 Å². The van der Waals surface area contributed by atoms with Crippen LogP contribution in [-0.2, 0) is 6.54 Å². The Hall–Kier alpha value is -2.56. The minimum Gasteiger partial charge on any atom is -0.492 e. The largest absolute Gasteiger partial charge is 0.492 e. The van der Waals surface area contributed by atoms with Crippen LogP contribution >= 0.6 is 0 Å². The fourth-order valence-electron chi connectivity index (χ4n) is 1.74. The van der Waals surface area contributed by atoms with Gasteiger partial charge in [0.15, 0.2) is 0 Å². The Kier molecular flexibility index (Phi) is 4.55. The fraction of sp³-hybridized carbons (Fsp3) is 0.200. The molecule has 5 nitrogen and oxygen atoms in total. The third-order valence-corrected chi connectivity index (χ3v) is 2.75. The van der Waals surface area contributed by atoms with E-state index in [0.717, 1.165) is 5.56 Å². The second-order valence-corrected chi connectivity index (χ2v) is 4.23. The number of nitrogens with one attached hydrogen (secondary N) is 1. The number of hydrogen-bond acceptors (Lipinski definition) is 4. The Morgan fingerprint density at radius 2 is 2.25 bits per heavy atom. The number of ether oxygens (including phenoxy) is 1. The molecule has 0 saturated heterocycles. The topological polar surface area (TPSA) is 77.2 Å². The van der Waals surface area contributed by atoms with Crippen molar-refractivity contribution in [1.29, 1.82) is 0 Å². The number of carbonyl (C=O) groups excluding carboxylic acids is 1. The number of amides is 1. The number of hydrogen-bond donors (Lipinski definition) is 2. The van der Waals surface area contributed by atoms with Crippen LogP contribution in [0.2, 0.25) is 0 Å². The van der Waals surface area contributed by atoms with Crippen molar-refractivity contribution >= 4 is 11.6 Å². The number of aromatic nitrogens is 1. The first kappa shape index (κ1) is 13.9. The van der Waals surface area contributed by atoms with E-state index in [4.69, 9.17) is 10.5 Å². The van der Waals surface area contributed by atoms with E-state index in [1.54, 1.807) is 30.6 Å². The summed E-state index contributed by atoms with van der Waals surface area (Å²) in [5, 5.41) is 2.83. The molecule has 0 atom stereocenters. The minimum absolute atomic E-state index is 0.171. The molecule has 1 aromatic carbocycles.